The van der Waals surface area contributed by atoms with Gasteiger partial charge in [-0.25, -0.2) is 4.79 Å². The number of aromatic nitrogens is 3. The number of nitrogens with zero attached hydrogens (tertiary/aromatic N) is 2. The number of anilines is 1. The Labute approximate surface area is 204 Å². The Bertz CT molecular complexity index is 1460. The van der Waals surface area contributed by atoms with Crippen molar-refractivity contribution in [1.82, 2.24) is 14.8 Å². The molecule has 2 atom stereocenters. The summed E-state index contributed by atoms with van der Waals surface area (Å²) in [6, 6.07) is 6.74. The van der Waals surface area contributed by atoms with Gasteiger partial charge >= 0.3 is 5.69 Å². The standard InChI is InChI=1S/C24H22Cl2N4O4/c1-3-18(31)24-10-12(24)5-6-14-17(7-4-11(2)19(14)24)34-20-15(25)8-13(9-16(20)26)30-23(33)28-22(32)21(27)29-30/h4,7-9,12H,3,5-6,10H2,1-2H3,(H2,27,29)(H,28,32,33). The number of ether oxygens (including phenoxy) is 1. The van der Waals surface area contributed by atoms with Gasteiger partial charge in [0, 0.05) is 6.42 Å². The lowest BCUT2D eigenvalue weighted by atomic mass is 9.76. The minimum Gasteiger partial charge on any atom is -0.454 e. The van der Waals surface area contributed by atoms with Gasteiger partial charge < -0.3 is 10.5 Å². The largest absolute Gasteiger partial charge is 0.454 e. The molecule has 176 valence electrons. The molecule has 0 spiro atoms. The monoisotopic (exact) mass is 500 g/mol. The quantitative estimate of drug-likeness (QED) is 0.544. The maximum absolute atomic E-state index is 12.9. The van der Waals surface area contributed by atoms with Crippen molar-refractivity contribution < 1.29 is 9.53 Å². The third kappa shape index (κ3) is 3.35. The van der Waals surface area contributed by atoms with Crippen molar-refractivity contribution in [2.75, 3.05) is 5.73 Å². The van der Waals surface area contributed by atoms with Crippen LogP contribution in [0.25, 0.3) is 5.69 Å². The summed E-state index contributed by atoms with van der Waals surface area (Å²) in [5.74, 6) is 1.12. The van der Waals surface area contributed by atoms with Crippen LogP contribution >= 0.6 is 23.2 Å². The number of H-pyrrole nitrogens is 1. The lowest BCUT2D eigenvalue weighted by molar-refractivity contribution is -0.121. The van der Waals surface area contributed by atoms with Gasteiger partial charge in [0.05, 0.1) is 21.1 Å². The number of carbonyl (C=O) groups excluding carboxylic acids is 1. The highest BCUT2D eigenvalue weighted by atomic mass is 35.5. The normalized spacial score (nSPS) is 20.4. The highest BCUT2D eigenvalue weighted by molar-refractivity contribution is 6.37. The maximum Gasteiger partial charge on any atom is 0.349 e. The first kappa shape index (κ1) is 22.7. The number of fused-ring (bicyclic) bond motifs is 3. The summed E-state index contributed by atoms with van der Waals surface area (Å²) >= 11 is 13.0. The lowest BCUT2D eigenvalue weighted by Gasteiger charge is -2.28. The molecule has 10 heteroatoms. The summed E-state index contributed by atoms with van der Waals surface area (Å²) in [7, 11) is 0. The number of nitrogens with one attached hydrogen (secondary N) is 1. The molecule has 0 amide bonds. The van der Waals surface area contributed by atoms with Crippen LogP contribution in [-0.2, 0) is 16.6 Å². The molecule has 0 radical (unpaired) electrons. The van der Waals surface area contributed by atoms with Gasteiger partial charge in [-0.2, -0.15) is 4.68 Å². The number of aryl methyl sites for hydroxylation is 1. The van der Waals surface area contributed by atoms with Gasteiger partial charge in [-0.1, -0.05) is 36.2 Å². The van der Waals surface area contributed by atoms with Crippen LogP contribution in [0.5, 0.6) is 11.5 Å². The molecule has 3 N–H and O–H groups in total. The Kier molecular flexibility index (Phi) is 5.33. The number of benzene rings is 2. The van der Waals surface area contributed by atoms with Crippen LogP contribution in [0.4, 0.5) is 5.82 Å². The van der Waals surface area contributed by atoms with E-state index in [0.29, 0.717) is 18.1 Å². The van der Waals surface area contributed by atoms with Crippen LogP contribution in [0.15, 0.2) is 33.9 Å². The number of Topliss-reactive ketones (excluding diaryl/α,β-unsaturated/α-hetero) is 1. The summed E-state index contributed by atoms with van der Waals surface area (Å²) in [5.41, 5.74) is 6.97. The predicted molar refractivity (Wildman–Crippen MR) is 130 cm³/mol. The Morgan fingerprint density at radius 1 is 1.29 bits per heavy atom. The Morgan fingerprint density at radius 2 is 2.00 bits per heavy atom. The first-order chi connectivity index (χ1) is 16.2. The van der Waals surface area contributed by atoms with E-state index in [2.05, 4.69) is 10.1 Å². The molecule has 1 heterocycles. The molecular weight excluding hydrogens is 479 g/mol. The highest BCUT2D eigenvalue weighted by Crippen LogP contribution is 2.63. The fourth-order valence-corrected chi connectivity index (χ4v) is 5.83. The number of carbonyl (C=O) groups is 1. The van der Waals surface area contributed by atoms with E-state index in [-0.39, 0.29) is 33.1 Å². The summed E-state index contributed by atoms with van der Waals surface area (Å²) < 4.78 is 7.12. The summed E-state index contributed by atoms with van der Waals surface area (Å²) in [6.45, 7) is 3.94. The smallest absolute Gasteiger partial charge is 0.349 e. The average Bonchev–Trinajstić information content (AvgIpc) is 3.55. The van der Waals surface area contributed by atoms with Gasteiger partial charge in [0.15, 0.2) is 5.75 Å². The summed E-state index contributed by atoms with van der Waals surface area (Å²) in [6.07, 6.45) is 3.12. The predicted octanol–water partition coefficient (Wildman–Crippen LogP) is 4.09. The second-order valence-electron chi connectivity index (χ2n) is 8.82. The van der Waals surface area contributed by atoms with Gasteiger partial charge in [-0.15, -0.1) is 5.10 Å². The van der Waals surface area contributed by atoms with Crippen molar-refractivity contribution in [1.29, 1.82) is 0 Å². The fraction of sp³-hybridized carbons (Fsp3) is 0.333. The van der Waals surface area contributed by atoms with Crippen LogP contribution in [0.2, 0.25) is 10.0 Å². The van der Waals surface area contributed by atoms with Crippen molar-refractivity contribution in [3.63, 3.8) is 0 Å². The van der Waals surface area contributed by atoms with Crippen LogP contribution in [0, 0.1) is 12.8 Å². The lowest BCUT2D eigenvalue weighted by Crippen LogP contribution is -2.33. The van der Waals surface area contributed by atoms with Crippen molar-refractivity contribution in [3.05, 3.63) is 71.8 Å². The zero-order chi connectivity index (χ0) is 24.4. The number of hydrogen-bond donors (Lipinski definition) is 2. The molecule has 34 heavy (non-hydrogen) atoms. The van der Waals surface area contributed by atoms with Gasteiger partial charge in [0.2, 0.25) is 5.82 Å². The van der Waals surface area contributed by atoms with Gasteiger partial charge in [0.25, 0.3) is 5.56 Å². The Hall–Kier alpha value is -3.10. The van der Waals surface area contributed by atoms with Gasteiger partial charge in [0.1, 0.15) is 11.5 Å². The zero-order valence-electron chi connectivity index (χ0n) is 18.6. The number of ketones is 1. The molecule has 1 saturated carbocycles. The third-order valence-corrected chi connectivity index (χ3v) is 7.45. The van der Waals surface area contributed by atoms with Gasteiger partial charge in [-0.05, 0) is 67.0 Å². The van der Waals surface area contributed by atoms with E-state index >= 15 is 0 Å². The summed E-state index contributed by atoms with van der Waals surface area (Å²) in [5, 5.41) is 4.09. The van der Waals surface area contributed by atoms with Crippen LogP contribution in [0.1, 0.15) is 42.9 Å². The van der Waals surface area contributed by atoms with Crippen molar-refractivity contribution in [2.45, 2.75) is 44.9 Å². The van der Waals surface area contributed by atoms with Crippen LogP contribution in [-0.4, -0.2) is 20.5 Å². The number of hydrogen-bond acceptors (Lipinski definition) is 6. The first-order valence-electron chi connectivity index (χ1n) is 11.0. The number of rotatable bonds is 5. The molecule has 1 aromatic heterocycles. The molecule has 1 fully saturated rings. The number of nitrogens with two attached hydrogens (primary N) is 1. The number of aromatic amines is 1. The van der Waals surface area contributed by atoms with E-state index in [0.717, 1.165) is 40.6 Å². The fourth-order valence-electron chi connectivity index (χ4n) is 5.27. The molecule has 2 aliphatic carbocycles. The molecule has 2 aromatic carbocycles. The maximum atomic E-state index is 12.9. The highest BCUT2D eigenvalue weighted by Gasteiger charge is 2.62. The molecule has 5 rings (SSSR count). The number of nitrogen functional groups attached to an aromatic ring is 1. The minimum absolute atomic E-state index is 0.148. The molecule has 8 nitrogen and oxygen atoms in total. The van der Waals surface area contributed by atoms with E-state index in [1.165, 1.54) is 12.1 Å². The number of halogens is 2. The molecular formula is C24H22Cl2N4O4. The van der Waals surface area contributed by atoms with E-state index in [1.807, 2.05) is 26.0 Å². The summed E-state index contributed by atoms with van der Waals surface area (Å²) in [4.78, 5) is 38.7. The molecule has 0 saturated heterocycles. The average molecular weight is 501 g/mol. The second-order valence-corrected chi connectivity index (χ2v) is 9.63. The molecule has 0 bridgehead atoms. The molecule has 3 aromatic rings. The van der Waals surface area contributed by atoms with Crippen LogP contribution in [0.3, 0.4) is 0 Å². The zero-order valence-corrected chi connectivity index (χ0v) is 20.1. The topological polar surface area (TPSA) is 120 Å². The van der Waals surface area contributed by atoms with Crippen molar-refractivity contribution in [2.24, 2.45) is 5.92 Å². The van der Waals surface area contributed by atoms with E-state index in [9.17, 15) is 14.4 Å². The SMILES string of the molecule is CCC(=O)C12CC1CCc1c(Oc3c(Cl)cc(-n4nc(N)c(=O)[nH]c4=O)cc3Cl)ccc(C)c12. The van der Waals surface area contributed by atoms with Gasteiger partial charge in [-0.3, -0.25) is 14.6 Å². The molecule has 2 aliphatic rings. The van der Waals surface area contributed by atoms with E-state index in [4.69, 9.17) is 33.7 Å². The first-order valence-corrected chi connectivity index (χ1v) is 11.8. The van der Waals surface area contributed by atoms with E-state index < -0.39 is 16.7 Å². The van der Waals surface area contributed by atoms with Crippen LogP contribution < -0.4 is 21.7 Å². The third-order valence-electron chi connectivity index (χ3n) is 6.88. The molecule has 2 unspecified atom stereocenters. The van der Waals surface area contributed by atoms with Crippen molar-refractivity contribution in [3.8, 4) is 17.2 Å². The minimum atomic E-state index is -0.780. The van der Waals surface area contributed by atoms with E-state index in [1.54, 1.807) is 0 Å². The Balaban J connectivity index is 1.56. The second kappa shape index (κ2) is 7.99. The molecule has 0 aliphatic heterocycles. The Morgan fingerprint density at radius 3 is 2.68 bits per heavy atom. The van der Waals surface area contributed by atoms with Crippen molar-refractivity contribution >= 4 is 34.8 Å².